The lowest BCUT2D eigenvalue weighted by Gasteiger charge is -2.18. The number of para-hydroxylation sites is 1. The molecule has 1 aromatic rings. The normalized spacial score (nSPS) is 19.0. The summed E-state index contributed by atoms with van der Waals surface area (Å²) in [6.07, 6.45) is -4.55. The molecule has 1 aliphatic rings. The number of amides is 2. The summed E-state index contributed by atoms with van der Waals surface area (Å²) in [5, 5.41) is 1.82. The molecule has 1 aliphatic heterocycles. The SMILES string of the molecule is O=C(NCC(F)(F)F)[C@H]1CC(=O)N(c2ccccc2Br)C1. The Labute approximate surface area is 127 Å². The zero-order chi connectivity index (χ0) is 15.6. The van der Waals surface area contributed by atoms with Crippen molar-refractivity contribution in [3.63, 3.8) is 0 Å². The Morgan fingerprint density at radius 2 is 2.05 bits per heavy atom. The molecule has 2 rings (SSSR count). The first-order chi connectivity index (χ1) is 9.78. The second kappa shape index (κ2) is 6.05. The maximum atomic E-state index is 12.1. The van der Waals surface area contributed by atoms with E-state index in [4.69, 9.17) is 0 Å². The minimum absolute atomic E-state index is 0.0745. The molecule has 1 fully saturated rings. The molecule has 114 valence electrons. The maximum absolute atomic E-state index is 12.1. The van der Waals surface area contributed by atoms with E-state index in [0.717, 1.165) is 0 Å². The fourth-order valence-electron chi connectivity index (χ4n) is 2.12. The minimum atomic E-state index is -4.46. The van der Waals surface area contributed by atoms with Gasteiger partial charge in [-0.3, -0.25) is 9.59 Å². The zero-order valence-electron chi connectivity index (χ0n) is 10.8. The van der Waals surface area contributed by atoms with Gasteiger partial charge in [-0.15, -0.1) is 0 Å². The predicted molar refractivity (Wildman–Crippen MR) is 73.7 cm³/mol. The molecule has 2 amide bonds. The summed E-state index contributed by atoms with van der Waals surface area (Å²) in [6, 6.07) is 6.98. The summed E-state index contributed by atoms with van der Waals surface area (Å²) in [5.74, 6) is -1.81. The van der Waals surface area contributed by atoms with Gasteiger partial charge in [-0.25, -0.2) is 0 Å². The molecule has 1 aromatic carbocycles. The first kappa shape index (κ1) is 15.8. The van der Waals surface area contributed by atoms with E-state index in [1.807, 2.05) is 5.32 Å². The highest BCUT2D eigenvalue weighted by Gasteiger charge is 2.37. The monoisotopic (exact) mass is 364 g/mol. The van der Waals surface area contributed by atoms with Gasteiger partial charge in [0.1, 0.15) is 6.54 Å². The number of alkyl halides is 3. The van der Waals surface area contributed by atoms with Crippen LogP contribution < -0.4 is 10.2 Å². The van der Waals surface area contributed by atoms with Gasteiger partial charge in [0, 0.05) is 17.4 Å². The van der Waals surface area contributed by atoms with Crippen LogP contribution in [0.4, 0.5) is 18.9 Å². The highest BCUT2D eigenvalue weighted by atomic mass is 79.9. The lowest BCUT2D eigenvalue weighted by atomic mass is 10.1. The van der Waals surface area contributed by atoms with Crippen LogP contribution in [0.5, 0.6) is 0 Å². The average Bonchev–Trinajstić information content (AvgIpc) is 2.78. The van der Waals surface area contributed by atoms with Crippen LogP contribution in [0.2, 0.25) is 0 Å². The van der Waals surface area contributed by atoms with Crippen LogP contribution in [0.1, 0.15) is 6.42 Å². The number of carbonyl (C=O) groups is 2. The molecule has 1 heterocycles. The number of carbonyl (C=O) groups excluding carboxylic acids is 2. The number of anilines is 1. The van der Waals surface area contributed by atoms with E-state index in [-0.39, 0.29) is 18.9 Å². The Bertz CT molecular complexity index is 563. The van der Waals surface area contributed by atoms with Crippen molar-refractivity contribution in [1.82, 2.24) is 5.32 Å². The molecule has 8 heteroatoms. The van der Waals surface area contributed by atoms with Crippen molar-refractivity contribution < 1.29 is 22.8 Å². The number of nitrogens with zero attached hydrogens (tertiary/aromatic N) is 1. The molecule has 1 saturated heterocycles. The Hall–Kier alpha value is -1.57. The molecule has 0 unspecified atom stereocenters. The van der Waals surface area contributed by atoms with Crippen molar-refractivity contribution in [3.05, 3.63) is 28.7 Å². The summed E-state index contributed by atoms with van der Waals surface area (Å²) in [5.41, 5.74) is 0.605. The highest BCUT2D eigenvalue weighted by molar-refractivity contribution is 9.10. The van der Waals surface area contributed by atoms with Crippen molar-refractivity contribution in [3.8, 4) is 0 Å². The molecule has 21 heavy (non-hydrogen) atoms. The fraction of sp³-hybridized carbons (Fsp3) is 0.385. The van der Waals surface area contributed by atoms with Gasteiger partial charge in [0.05, 0.1) is 11.6 Å². The predicted octanol–water partition coefficient (Wildman–Crippen LogP) is 2.48. The van der Waals surface area contributed by atoms with Crippen molar-refractivity contribution in [2.45, 2.75) is 12.6 Å². The smallest absolute Gasteiger partial charge is 0.347 e. The van der Waals surface area contributed by atoms with Gasteiger partial charge in [-0.1, -0.05) is 12.1 Å². The van der Waals surface area contributed by atoms with Gasteiger partial charge in [0.2, 0.25) is 11.8 Å². The Balaban J connectivity index is 2.03. The third kappa shape index (κ3) is 3.96. The zero-order valence-corrected chi connectivity index (χ0v) is 12.4. The minimum Gasteiger partial charge on any atom is -0.347 e. The van der Waals surface area contributed by atoms with Crippen LogP contribution in [0.15, 0.2) is 28.7 Å². The van der Waals surface area contributed by atoms with Crippen molar-refractivity contribution in [1.29, 1.82) is 0 Å². The molecule has 0 spiro atoms. The van der Waals surface area contributed by atoms with Crippen molar-refractivity contribution in [2.75, 3.05) is 18.0 Å². The standard InChI is InChI=1S/C13H12BrF3N2O2/c14-9-3-1-2-4-10(9)19-6-8(5-11(19)20)12(21)18-7-13(15,16)17/h1-4,8H,5-7H2,(H,18,21)/t8-/m0/s1. The molecule has 0 saturated carbocycles. The van der Waals surface area contributed by atoms with Crippen molar-refractivity contribution in [2.24, 2.45) is 5.92 Å². The lowest BCUT2D eigenvalue weighted by molar-refractivity contribution is -0.140. The number of hydrogen-bond donors (Lipinski definition) is 1. The van der Waals surface area contributed by atoms with Crippen LogP contribution in [-0.2, 0) is 9.59 Å². The molecule has 1 atom stereocenters. The third-order valence-electron chi connectivity index (χ3n) is 3.10. The number of rotatable bonds is 3. The van der Waals surface area contributed by atoms with Crippen LogP contribution in [-0.4, -0.2) is 31.1 Å². The molecule has 4 nitrogen and oxygen atoms in total. The van der Waals surface area contributed by atoms with Gasteiger partial charge in [0.25, 0.3) is 0 Å². The van der Waals surface area contributed by atoms with Crippen LogP contribution in [0.25, 0.3) is 0 Å². The largest absolute Gasteiger partial charge is 0.405 e. The molecule has 1 N–H and O–H groups in total. The summed E-state index contributed by atoms with van der Waals surface area (Å²) >= 11 is 3.30. The van der Waals surface area contributed by atoms with Gasteiger partial charge >= 0.3 is 6.18 Å². The van der Waals surface area contributed by atoms with Crippen LogP contribution >= 0.6 is 15.9 Å². The first-order valence-electron chi connectivity index (χ1n) is 6.17. The van der Waals surface area contributed by atoms with E-state index in [1.54, 1.807) is 24.3 Å². The molecular weight excluding hydrogens is 353 g/mol. The number of benzene rings is 1. The molecule has 0 bridgehead atoms. The van der Waals surface area contributed by atoms with Crippen LogP contribution in [0.3, 0.4) is 0 Å². The molecule has 0 aliphatic carbocycles. The number of hydrogen-bond acceptors (Lipinski definition) is 2. The van der Waals surface area contributed by atoms with E-state index in [1.165, 1.54) is 4.90 Å². The number of halogens is 4. The summed E-state index contributed by atoms with van der Waals surface area (Å²) in [7, 11) is 0. The lowest BCUT2D eigenvalue weighted by Crippen LogP contribution is -2.38. The van der Waals surface area contributed by atoms with Gasteiger partial charge < -0.3 is 10.2 Å². The first-order valence-corrected chi connectivity index (χ1v) is 6.96. The Morgan fingerprint density at radius 3 is 2.67 bits per heavy atom. The van der Waals surface area contributed by atoms with E-state index in [0.29, 0.717) is 10.2 Å². The van der Waals surface area contributed by atoms with Gasteiger partial charge in [-0.2, -0.15) is 13.2 Å². The van der Waals surface area contributed by atoms with Gasteiger partial charge in [-0.05, 0) is 28.1 Å². The number of nitrogens with one attached hydrogen (secondary N) is 1. The van der Waals surface area contributed by atoms with E-state index in [2.05, 4.69) is 15.9 Å². The van der Waals surface area contributed by atoms with Gasteiger partial charge in [0.15, 0.2) is 0 Å². The molecular formula is C13H12BrF3N2O2. The average molecular weight is 365 g/mol. The van der Waals surface area contributed by atoms with Crippen molar-refractivity contribution >= 4 is 33.4 Å². The summed E-state index contributed by atoms with van der Waals surface area (Å²) in [6.45, 7) is -1.31. The quantitative estimate of drug-likeness (QED) is 0.895. The third-order valence-corrected chi connectivity index (χ3v) is 3.77. The Morgan fingerprint density at radius 1 is 1.38 bits per heavy atom. The second-order valence-corrected chi connectivity index (χ2v) is 5.54. The van der Waals surface area contributed by atoms with E-state index < -0.39 is 24.5 Å². The molecule has 0 aromatic heterocycles. The fourth-order valence-corrected chi connectivity index (χ4v) is 2.62. The summed E-state index contributed by atoms with van der Waals surface area (Å²) < 4.78 is 36.9. The van der Waals surface area contributed by atoms with E-state index >= 15 is 0 Å². The Kier molecular flexibility index (Phi) is 4.55. The highest BCUT2D eigenvalue weighted by Crippen LogP contribution is 2.31. The maximum Gasteiger partial charge on any atom is 0.405 e. The van der Waals surface area contributed by atoms with E-state index in [9.17, 15) is 22.8 Å². The topological polar surface area (TPSA) is 49.4 Å². The summed E-state index contributed by atoms with van der Waals surface area (Å²) in [4.78, 5) is 25.0. The van der Waals surface area contributed by atoms with Crippen LogP contribution in [0, 0.1) is 5.92 Å². The second-order valence-electron chi connectivity index (χ2n) is 4.69. The molecule has 0 radical (unpaired) electrons.